The zero-order chi connectivity index (χ0) is 7.84. The minimum Gasteiger partial charge on any atom is -0.0958 e. The molecule has 60 valence electrons. The zero-order valence-corrected chi connectivity index (χ0v) is 7.27. The summed E-state index contributed by atoms with van der Waals surface area (Å²) >= 11 is 0. The first-order valence-corrected chi connectivity index (χ1v) is 4.65. The number of allylic oxidation sites excluding steroid dienone is 3. The molecule has 2 aliphatic carbocycles. The van der Waals surface area contributed by atoms with Crippen LogP contribution in [-0.4, -0.2) is 0 Å². The summed E-state index contributed by atoms with van der Waals surface area (Å²) in [6.07, 6.45) is 7.69. The third kappa shape index (κ3) is 1.15. The quantitative estimate of drug-likeness (QED) is 0.494. The lowest BCUT2D eigenvalue weighted by Gasteiger charge is -2.21. The van der Waals surface area contributed by atoms with Crippen molar-refractivity contribution in [3.05, 3.63) is 23.8 Å². The van der Waals surface area contributed by atoms with Crippen LogP contribution in [0.2, 0.25) is 0 Å². The van der Waals surface area contributed by atoms with Crippen LogP contribution in [0, 0.1) is 11.8 Å². The van der Waals surface area contributed by atoms with Crippen LogP contribution in [0.5, 0.6) is 0 Å². The average Bonchev–Trinajstić information content (AvgIpc) is 2.32. The van der Waals surface area contributed by atoms with Crippen molar-refractivity contribution in [1.82, 2.24) is 0 Å². The second-order valence-corrected chi connectivity index (χ2v) is 4.04. The van der Waals surface area contributed by atoms with Gasteiger partial charge in [0.05, 0.1) is 0 Å². The number of hydrogen-bond acceptors (Lipinski definition) is 0. The molecule has 0 aromatic carbocycles. The SMILES string of the molecule is C=C1C=C2CC[C@H](C)C2CC1. The summed E-state index contributed by atoms with van der Waals surface area (Å²) in [6, 6.07) is 0. The van der Waals surface area contributed by atoms with Crippen LogP contribution in [-0.2, 0) is 0 Å². The molecule has 0 heterocycles. The maximum Gasteiger partial charge on any atom is -0.0171 e. The molecule has 0 heteroatoms. The molecule has 0 N–H and O–H groups in total. The molecule has 0 aromatic heterocycles. The number of hydrogen-bond donors (Lipinski definition) is 0. The maximum atomic E-state index is 4.02. The van der Waals surface area contributed by atoms with Crippen molar-refractivity contribution in [2.24, 2.45) is 11.8 Å². The van der Waals surface area contributed by atoms with Gasteiger partial charge in [0.15, 0.2) is 0 Å². The fraction of sp³-hybridized carbons (Fsp3) is 0.636. The highest BCUT2D eigenvalue weighted by molar-refractivity contribution is 5.29. The van der Waals surface area contributed by atoms with E-state index in [4.69, 9.17) is 0 Å². The van der Waals surface area contributed by atoms with E-state index in [1.54, 1.807) is 5.57 Å². The van der Waals surface area contributed by atoms with Crippen LogP contribution in [0.15, 0.2) is 23.8 Å². The Kier molecular flexibility index (Phi) is 1.63. The van der Waals surface area contributed by atoms with Crippen molar-refractivity contribution in [1.29, 1.82) is 0 Å². The van der Waals surface area contributed by atoms with Gasteiger partial charge in [-0.15, -0.1) is 0 Å². The molecule has 0 bridgehead atoms. The molecule has 0 aliphatic heterocycles. The first kappa shape index (κ1) is 7.15. The lowest BCUT2D eigenvalue weighted by Crippen LogP contribution is -2.09. The van der Waals surface area contributed by atoms with E-state index in [9.17, 15) is 0 Å². The molecule has 2 rings (SSSR count). The summed E-state index contributed by atoms with van der Waals surface area (Å²) in [6.45, 7) is 6.41. The molecular weight excluding hydrogens is 132 g/mol. The standard InChI is InChI=1S/C11H16/c1-8-3-6-11-9(2)4-5-10(11)7-8/h7,9,11H,1,3-6H2,2H3/t9-,11?/m0/s1. The second-order valence-electron chi connectivity index (χ2n) is 4.04. The van der Waals surface area contributed by atoms with Crippen LogP contribution in [0.25, 0.3) is 0 Å². The lowest BCUT2D eigenvalue weighted by molar-refractivity contribution is 0.426. The first-order chi connectivity index (χ1) is 5.27. The molecule has 2 aliphatic rings. The predicted molar refractivity (Wildman–Crippen MR) is 48.3 cm³/mol. The molecule has 1 unspecified atom stereocenters. The molecule has 0 amide bonds. The molecule has 0 saturated heterocycles. The maximum absolute atomic E-state index is 4.02. The van der Waals surface area contributed by atoms with Crippen molar-refractivity contribution in [2.45, 2.75) is 32.6 Å². The summed E-state index contributed by atoms with van der Waals surface area (Å²) < 4.78 is 0. The van der Waals surface area contributed by atoms with Crippen molar-refractivity contribution in [2.75, 3.05) is 0 Å². The largest absolute Gasteiger partial charge is 0.0958 e. The van der Waals surface area contributed by atoms with Gasteiger partial charge < -0.3 is 0 Å². The third-order valence-corrected chi connectivity index (χ3v) is 3.22. The average molecular weight is 148 g/mol. The summed E-state index contributed by atoms with van der Waals surface area (Å²) in [5, 5.41) is 0. The Labute approximate surface area is 69.0 Å². The van der Waals surface area contributed by atoms with Crippen molar-refractivity contribution in [3.8, 4) is 0 Å². The van der Waals surface area contributed by atoms with Crippen molar-refractivity contribution in [3.63, 3.8) is 0 Å². The van der Waals surface area contributed by atoms with Crippen LogP contribution in [0.1, 0.15) is 32.6 Å². The van der Waals surface area contributed by atoms with E-state index in [1.807, 2.05) is 0 Å². The Morgan fingerprint density at radius 1 is 1.36 bits per heavy atom. The second kappa shape index (κ2) is 2.51. The number of fused-ring (bicyclic) bond motifs is 1. The van der Waals surface area contributed by atoms with Crippen LogP contribution in [0.3, 0.4) is 0 Å². The highest BCUT2D eigenvalue weighted by Gasteiger charge is 2.29. The van der Waals surface area contributed by atoms with Gasteiger partial charge in [-0.05, 0) is 37.5 Å². The summed E-state index contributed by atoms with van der Waals surface area (Å²) in [7, 11) is 0. The third-order valence-electron chi connectivity index (χ3n) is 3.22. The van der Waals surface area contributed by atoms with Gasteiger partial charge in [-0.25, -0.2) is 0 Å². The van der Waals surface area contributed by atoms with Gasteiger partial charge in [0.1, 0.15) is 0 Å². The molecule has 0 radical (unpaired) electrons. The van der Waals surface area contributed by atoms with Gasteiger partial charge in [0, 0.05) is 0 Å². The Morgan fingerprint density at radius 3 is 3.00 bits per heavy atom. The Balaban J connectivity index is 2.24. The molecule has 0 spiro atoms. The Hall–Kier alpha value is -0.520. The summed E-state index contributed by atoms with van der Waals surface area (Å²) in [5.74, 6) is 1.86. The van der Waals surface area contributed by atoms with Gasteiger partial charge in [0.25, 0.3) is 0 Å². The van der Waals surface area contributed by atoms with E-state index in [0.29, 0.717) is 0 Å². The number of rotatable bonds is 0. The van der Waals surface area contributed by atoms with E-state index in [2.05, 4.69) is 19.6 Å². The molecular formula is C11H16. The fourth-order valence-electron chi connectivity index (χ4n) is 2.47. The molecule has 1 fully saturated rings. The van der Waals surface area contributed by atoms with Crippen molar-refractivity contribution < 1.29 is 0 Å². The van der Waals surface area contributed by atoms with E-state index >= 15 is 0 Å². The zero-order valence-electron chi connectivity index (χ0n) is 7.27. The first-order valence-electron chi connectivity index (χ1n) is 4.65. The van der Waals surface area contributed by atoms with Gasteiger partial charge in [-0.3, -0.25) is 0 Å². The highest BCUT2D eigenvalue weighted by Crippen LogP contribution is 2.43. The van der Waals surface area contributed by atoms with Gasteiger partial charge in [-0.1, -0.05) is 30.7 Å². The topological polar surface area (TPSA) is 0 Å². The van der Waals surface area contributed by atoms with Crippen LogP contribution < -0.4 is 0 Å². The van der Waals surface area contributed by atoms with E-state index in [0.717, 1.165) is 11.8 Å². The molecule has 0 nitrogen and oxygen atoms in total. The normalized spacial score (nSPS) is 36.8. The van der Waals surface area contributed by atoms with E-state index < -0.39 is 0 Å². The van der Waals surface area contributed by atoms with E-state index in [1.165, 1.54) is 31.3 Å². The minimum absolute atomic E-state index is 0.917. The van der Waals surface area contributed by atoms with Crippen LogP contribution in [0.4, 0.5) is 0 Å². The molecule has 2 atom stereocenters. The lowest BCUT2D eigenvalue weighted by atomic mass is 9.84. The Bertz CT molecular complexity index is 210. The molecule has 0 aromatic rings. The summed E-state index contributed by atoms with van der Waals surface area (Å²) in [4.78, 5) is 0. The Morgan fingerprint density at radius 2 is 2.18 bits per heavy atom. The molecule has 11 heavy (non-hydrogen) atoms. The van der Waals surface area contributed by atoms with E-state index in [-0.39, 0.29) is 0 Å². The van der Waals surface area contributed by atoms with Gasteiger partial charge >= 0.3 is 0 Å². The van der Waals surface area contributed by atoms with Crippen LogP contribution >= 0.6 is 0 Å². The monoisotopic (exact) mass is 148 g/mol. The predicted octanol–water partition coefficient (Wildman–Crippen LogP) is 3.31. The fourth-order valence-corrected chi connectivity index (χ4v) is 2.47. The van der Waals surface area contributed by atoms with Crippen molar-refractivity contribution >= 4 is 0 Å². The van der Waals surface area contributed by atoms with Gasteiger partial charge in [-0.2, -0.15) is 0 Å². The highest BCUT2D eigenvalue weighted by atomic mass is 14.3. The minimum atomic E-state index is 0.917. The summed E-state index contributed by atoms with van der Waals surface area (Å²) in [5.41, 5.74) is 3.04. The van der Waals surface area contributed by atoms with Gasteiger partial charge in [0.2, 0.25) is 0 Å². The molecule has 1 saturated carbocycles. The smallest absolute Gasteiger partial charge is 0.0171 e.